The molecule has 25 heavy (non-hydrogen) atoms. The van der Waals surface area contributed by atoms with Crippen LogP contribution in [0.15, 0.2) is 59.3 Å². The summed E-state index contributed by atoms with van der Waals surface area (Å²) in [6, 6.07) is 14.8. The number of hydrogen-bond acceptors (Lipinski definition) is 6. The maximum Gasteiger partial charge on any atom is 0.278 e. The summed E-state index contributed by atoms with van der Waals surface area (Å²) in [4.78, 5) is 17.6. The second-order valence-corrected chi connectivity index (χ2v) is 5.74. The van der Waals surface area contributed by atoms with Gasteiger partial charge in [0.25, 0.3) is 5.89 Å². The summed E-state index contributed by atoms with van der Waals surface area (Å²) in [5, 5.41) is 4.46. The summed E-state index contributed by atoms with van der Waals surface area (Å²) in [5.41, 5.74) is 3.37. The topological polar surface area (TPSA) is 77.6 Å². The van der Waals surface area contributed by atoms with E-state index in [0.717, 1.165) is 17.1 Å². The van der Waals surface area contributed by atoms with Crippen molar-refractivity contribution in [1.82, 2.24) is 25.1 Å². The molecule has 0 amide bonds. The van der Waals surface area contributed by atoms with Crippen LogP contribution in [0.1, 0.15) is 5.69 Å². The van der Waals surface area contributed by atoms with Crippen molar-refractivity contribution in [2.75, 3.05) is 0 Å². The minimum absolute atomic E-state index is 0.258. The normalized spacial score (nSPS) is 10.8. The number of aryl methyl sites for hydroxylation is 1. The molecule has 0 bridgehead atoms. The van der Waals surface area contributed by atoms with Crippen molar-refractivity contribution in [2.24, 2.45) is 0 Å². The fourth-order valence-corrected chi connectivity index (χ4v) is 2.52. The van der Waals surface area contributed by atoms with Crippen LogP contribution >= 0.6 is 11.6 Å². The van der Waals surface area contributed by atoms with Crippen molar-refractivity contribution in [2.45, 2.75) is 6.92 Å². The molecule has 6 nitrogen and oxygen atoms in total. The van der Waals surface area contributed by atoms with Crippen molar-refractivity contribution in [3.63, 3.8) is 0 Å². The van der Waals surface area contributed by atoms with Crippen LogP contribution < -0.4 is 0 Å². The van der Waals surface area contributed by atoms with Gasteiger partial charge in [-0.05, 0) is 43.3 Å². The molecule has 0 N–H and O–H groups in total. The highest BCUT2D eigenvalue weighted by atomic mass is 35.5. The Morgan fingerprint density at radius 1 is 0.840 bits per heavy atom. The smallest absolute Gasteiger partial charge is 0.278 e. The Morgan fingerprint density at radius 3 is 2.52 bits per heavy atom. The first-order chi connectivity index (χ1) is 12.2. The van der Waals surface area contributed by atoms with Gasteiger partial charge in [0.2, 0.25) is 5.82 Å². The highest BCUT2D eigenvalue weighted by molar-refractivity contribution is 6.32. The summed E-state index contributed by atoms with van der Waals surface area (Å²) < 4.78 is 5.32. The van der Waals surface area contributed by atoms with Gasteiger partial charge < -0.3 is 4.52 Å². The molecular weight excluding hydrogens is 338 g/mol. The van der Waals surface area contributed by atoms with E-state index in [-0.39, 0.29) is 5.89 Å². The molecule has 0 aliphatic rings. The van der Waals surface area contributed by atoms with Gasteiger partial charge in [-0.15, -0.1) is 0 Å². The van der Waals surface area contributed by atoms with Crippen LogP contribution in [0.5, 0.6) is 0 Å². The van der Waals surface area contributed by atoms with E-state index in [0.29, 0.717) is 22.2 Å². The van der Waals surface area contributed by atoms with E-state index in [2.05, 4.69) is 25.1 Å². The molecule has 0 spiro atoms. The molecule has 4 heterocycles. The molecule has 0 aliphatic carbocycles. The Hall–Kier alpha value is -3.12. The lowest BCUT2D eigenvalue weighted by Crippen LogP contribution is -1.91. The van der Waals surface area contributed by atoms with Gasteiger partial charge in [-0.2, -0.15) is 4.98 Å². The third kappa shape index (κ3) is 3.12. The van der Waals surface area contributed by atoms with E-state index in [1.54, 1.807) is 12.3 Å². The molecule has 4 rings (SSSR count). The first kappa shape index (κ1) is 15.4. The zero-order valence-electron chi connectivity index (χ0n) is 13.2. The molecule has 0 atom stereocenters. The predicted octanol–water partition coefficient (Wildman–Crippen LogP) is 4.22. The van der Waals surface area contributed by atoms with Crippen molar-refractivity contribution in [3.05, 3.63) is 65.4 Å². The Balaban J connectivity index is 1.72. The van der Waals surface area contributed by atoms with Crippen LogP contribution in [0.4, 0.5) is 0 Å². The van der Waals surface area contributed by atoms with E-state index >= 15 is 0 Å². The van der Waals surface area contributed by atoms with E-state index in [4.69, 9.17) is 16.1 Å². The van der Waals surface area contributed by atoms with Gasteiger partial charge in [0.15, 0.2) is 0 Å². The minimum Gasteiger partial charge on any atom is -0.332 e. The molecule has 0 unspecified atom stereocenters. The minimum atomic E-state index is 0.258. The molecule has 0 fully saturated rings. The fourth-order valence-electron chi connectivity index (χ4n) is 2.33. The summed E-state index contributed by atoms with van der Waals surface area (Å²) in [7, 11) is 0. The third-order valence-electron chi connectivity index (χ3n) is 3.52. The van der Waals surface area contributed by atoms with Gasteiger partial charge in [0, 0.05) is 11.9 Å². The number of hydrogen-bond donors (Lipinski definition) is 0. The molecule has 0 saturated carbocycles. The van der Waals surface area contributed by atoms with Crippen molar-refractivity contribution < 1.29 is 4.52 Å². The van der Waals surface area contributed by atoms with Gasteiger partial charge in [0.1, 0.15) is 11.4 Å². The van der Waals surface area contributed by atoms with Crippen molar-refractivity contribution >= 4 is 11.6 Å². The average molecular weight is 350 g/mol. The van der Waals surface area contributed by atoms with Crippen LogP contribution in [-0.2, 0) is 0 Å². The highest BCUT2D eigenvalue weighted by Gasteiger charge is 2.16. The second-order valence-electron chi connectivity index (χ2n) is 5.33. The van der Waals surface area contributed by atoms with E-state index < -0.39 is 0 Å². The molecule has 4 aromatic heterocycles. The van der Waals surface area contributed by atoms with Crippen LogP contribution in [0.3, 0.4) is 0 Å². The average Bonchev–Trinajstić information content (AvgIpc) is 3.14. The zero-order valence-corrected chi connectivity index (χ0v) is 14.0. The molecule has 4 aromatic rings. The number of halogens is 1. The molecule has 0 radical (unpaired) electrons. The van der Waals surface area contributed by atoms with Crippen LogP contribution in [0.25, 0.3) is 34.5 Å². The standard InChI is InChI=1S/C18H12ClN5O/c1-11-8-9-12(19)16(21-11)18-23-17(24-25-18)15-7-4-6-14(22-15)13-5-2-3-10-20-13/h2-10H,1H3. The van der Waals surface area contributed by atoms with Crippen molar-refractivity contribution in [1.29, 1.82) is 0 Å². The number of pyridine rings is 3. The molecular formula is C18H12ClN5O. The molecule has 0 aromatic carbocycles. The maximum atomic E-state index is 6.18. The Morgan fingerprint density at radius 2 is 1.68 bits per heavy atom. The number of nitrogens with zero attached hydrogens (tertiary/aromatic N) is 5. The SMILES string of the molecule is Cc1ccc(Cl)c(-c2nc(-c3cccc(-c4ccccn4)n3)no2)n1. The van der Waals surface area contributed by atoms with Gasteiger partial charge in [-0.3, -0.25) is 4.98 Å². The lowest BCUT2D eigenvalue weighted by Gasteiger charge is -2.01. The quantitative estimate of drug-likeness (QED) is 0.551. The zero-order chi connectivity index (χ0) is 17.2. The van der Waals surface area contributed by atoms with Gasteiger partial charge in [0.05, 0.1) is 16.4 Å². The van der Waals surface area contributed by atoms with Gasteiger partial charge >= 0.3 is 0 Å². The third-order valence-corrected chi connectivity index (χ3v) is 3.82. The number of rotatable bonds is 3. The lowest BCUT2D eigenvalue weighted by molar-refractivity contribution is 0.430. The number of aromatic nitrogens is 5. The van der Waals surface area contributed by atoms with Gasteiger partial charge in [-0.25, -0.2) is 9.97 Å². The second kappa shape index (κ2) is 6.41. The summed E-state index contributed by atoms with van der Waals surface area (Å²) in [5.74, 6) is 0.626. The fraction of sp³-hybridized carbons (Fsp3) is 0.0556. The monoisotopic (exact) mass is 349 g/mol. The molecule has 0 aliphatic heterocycles. The summed E-state index contributed by atoms with van der Waals surface area (Å²) >= 11 is 6.18. The summed E-state index contributed by atoms with van der Waals surface area (Å²) in [6.45, 7) is 1.87. The first-order valence-electron chi connectivity index (χ1n) is 7.57. The Labute approximate surface area is 148 Å². The highest BCUT2D eigenvalue weighted by Crippen LogP contribution is 2.27. The Kier molecular flexibility index (Phi) is 3.95. The van der Waals surface area contributed by atoms with E-state index in [1.807, 2.05) is 49.4 Å². The van der Waals surface area contributed by atoms with E-state index in [1.165, 1.54) is 0 Å². The van der Waals surface area contributed by atoms with Crippen LogP contribution in [-0.4, -0.2) is 25.1 Å². The predicted molar refractivity (Wildman–Crippen MR) is 93.7 cm³/mol. The lowest BCUT2D eigenvalue weighted by atomic mass is 10.2. The first-order valence-corrected chi connectivity index (χ1v) is 7.94. The largest absolute Gasteiger partial charge is 0.332 e. The van der Waals surface area contributed by atoms with E-state index in [9.17, 15) is 0 Å². The molecule has 122 valence electrons. The molecule has 7 heteroatoms. The van der Waals surface area contributed by atoms with Crippen LogP contribution in [0, 0.1) is 6.92 Å². The maximum absolute atomic E-state index is 6.18. The van der Waals surface area contributed by atoms with Gasteiger partial charge in [-0.1, -0.05) is 28.9 Å². The van der Waals surface area contributed by atoms with Crippen molar-refractivity contribution in [3.8, 4) is 34.5 Å². The summed E-state index contributed by atoms with van der Waals surface area (Å²) in [6.07, 6.45) is 1.72. The van der Waals surface area contributed by atoms with Crippen LogP contribution in [0.2, 0.25) is 5.02 Å². The Bertz CT molecular complexity index is 1030. The molecule has 0 saturated heterocycles.